The van der Waals surface area contributed by atoms with E-state index in [1.54, 1.807) is 6.07 Å². The summed E-state index contributed by atoms with van der Waals surface area (Å²) in [5, 5.41) is 0.215. The fourth-order valence-electron chi connectivity index (χ4n) is 1.16. The van der Waals surface area contributed by atoms with Gasteiger partial charge in [-0.1, -0.05) is 11.6 Å². The van der Waals surface area contributed by atoms with Gasteiger partial charge in [0.1, 0.15) is 5.15 Å². The highest BCUT2D eigenvalue weighted by Crippen LogP contribution is 2.15. The van der Waals surface area contributed by atoms with E-state index in [9.17, 15) is 8.42 Å². The van der Waals surface area contributed by atoms with Crippen LogP contribution in [0.25, 0.3) is 0 Å². The Hall–Kier alpha value is -0.650. The van der Waals surface area contributed by atoms with Gasteiger partial charge >= 0.3 is 0 Å². The second kappa shape index (κ2) is 4.92. The summed E-state index contributed by atoms with van der Waals surface area (Å²) >= 11 is 5.73. The summed E-state index contributed by atoms with van der Waals surface area (Å²) in [5.41, 5.74) is 6.22. The molecule has 0 aliphatic carbocycles. The molecule has 0 bridgehead atoms. The zero-order chi connectivity index (χ0) is 11.5. The van der Waals surface area contributed by atoms with E-state index in [1.165, 1.54) is 6.07 Å². The predicted octanol–water partition coefficient (Wildman–Crippen LogP) is 1.03. The van der Waals surface area contributed by atoms with Crippen LogP contribution in [0.5, 0.6) is 0 Å². The number of pyridine rings is 1. The van der Waals surface area contributed by atoms with Gasteiger partial charge in [0.05, 0.1) is 0 Å². The molecule has 0 saturated heterocycles. The second-order valence-electron chi connectivity index (χ2n) is 3.30. The van der Waals surface area contributed by atoms with Crippen LogP contribution in [0.15, 0.2) is 17.2 Å². The fourth-order valence-corrected chi connectivity index (χ4v) is 2.07. The van der Waals surface area contributed by atoms with Crippen molar-refractivity contribution in [1.82, 2.24) is 4.98 Å². The molecule has 0 aliphatic rings. The van der Waals surface area contributed by atoms with E-state index in [4.69, 9.17) is 17.3 Å². The summed E-state index contributed by atoms with van der Waals surface area (Å²) in [6, 6.07) is 3.20. The van der Waals surface area contributed by atoms with Gasteiger partial charge in [0.15, 0.2) is 14.9 Å². The first-order chi connectivity index (χ1) is 6.93. The van der Waals surface area contributed by atoms with Crippen LogP contribution >= 0.6 is 11.6 Å². The predicted molar refractivity (Wildman–Crippen MR) is 59.7 cm³/mol. The van der Waals surface area contributed by atoms with Crippen molar-refractivity contribution in [2.45, 2.75) is 17.9 Å². The molecule has 1 rings (SSSR count). The molecule has 0 aromatic carbocycles. The highest BCUT2D eigenvalue weighted by atomic mass is 35.5. The molecule has 1 aromatic heterocycles. The van der Waals surface area contributed by atoms with E-state index >= 15 is 0 Å². The third-order valence-corrected chi connectivity index (χ3v) is 3.04. The van der Waals surface area contributed by atoms with Crippen molar-refractivity contribution in [3.05, 3.63) is 22.8 Å². The minimum absolute atomic E-state index is 0.0158. The van der Waals surface area contributed by atoms with E-state index in [-0.39, 0.29) is 10.2 Å². The maximum Gasteiger partial charge on any atom is 0.192 e. The molecule has 0 atom stereocenters. The number of hydrogen-bond donors (Lipinski definition) is 1. The summed E-state index contributed by atoms with van der Waals surface area (Å²) in [7, 11) is -3.30. The summed E-state index contributed by atoms with van der Waals surface area (Å²) in [6.45, 7) is 0.564. The van der Waals surface area contributed by atoms with Crippen molar-refractivity contribution in [2.75, 3.05) is 12.8 Å². The lowest BCUT2D eigenvalue weighted by Gasteiger charge is -2.03. The minimum atomic E-state index is -3.30. The Morgan fingerprint density at radius 3 is 2.67 bits per heavy atom. The molecule has 6 heteroatoms. The SMILES string of the molecule is CS(=O)(=O)c1cc(CCCN)cc(Cl)n1. The maximum atomic E-state index is 11.3. The molecule has 0 unspecified atom stereocenters. The van der Waals surface area contributed by atoms with Crippen molar-refractivity contribution in [3.8, 4) is 0 Å². The number of nitrogens with zero attached hydrogens (tertiary/aromatic N) is 1. The van der Waals surface area contributed by atoms with Crippen molar-refractivity contribution < 1.29 is 8.42 Å². The van der Waals surface area contributed by atoms with Gasteiger partial charge in [0, 0.05) is 6.26 Å². The van der Waals surface area contributed by atoms with E-state index in [2.05, 4.69) is 4.98 Å². The lowest BCUT2D eigenvalue weighted by molar-refractivity contribution is 0.598. The molecule has 15 heavy (non-hydrogen) atoms. The average molecular weight is 249 g/mol. The number of hydrogen-bond acceptors (Lipinski definition) is 4. The second-order valence-corrected chi connectivity index (χ2v) is 5.65. The molecule has 0 saturated carbocycles. The monoisotopic (exact) mass is 248 g/mol. The average Bonchev–Trinajstić information content (AvgIpc) is 2.12. The topological polar surface area (TPSA) is 73.0 Å². The first kappa shape index (κ1) is 12.4. The summed E-state index contributed by atoms with van der Waals surface area (Å²) in [4.78, 5) is 3.76. The highest BCUT2D eigenvalue weighted by Gasteiger charge is 2.11. The van der Waals surface area contributed by atoms with Crippen LogP contribution in [0.1, 0.15) is 12.0 Å². The maximum absolute atomic E-state index is 11.3. The molecule has 2 N–H and O–H groups in total. The quantitative estimate of drug-likeness (QED) is 0.808. The molecular weight excluding hydrogens is 236 g/mol. The smallest absolute Gasteiger partial charge is 0.192 e. The minimum Gasteiger partial charge on any atom is -0.330 e. The fraction of sp³-hybridized carbons (Fsp3) is 0.444. The molecule has 0 fully saturated rings. The van der Waals surface area contributed by atoms with Crippen LogP contribution in [0, 0.1) is 0 Å². The van der Waals surface area contributed by atoms with Crippen LogP contribution in [0.4, 0.5) is 0 Å². The van der Waals surface area contributed by atoms with Crippen molar-refractivity contribution in [1.29, 1.82) is 0 Å². The van der Waals surface area contributed by atoms with Crippen LogP contribution in [-0.4, -0.2) is 26.2 Å². The third kappa shape index (κ3) is 3.77. The van der Waals surface area contributed by atoms with Gasteiger partial charge in [-0.3, -0.25) is 0 Å². The van der Waals surface area contributed by atoms with E-state index in [1.807, 2.05) is 0 Å². The Labute approximate surface area is 94.4 Å². The van der Waals surface area contributed by atoms with E-state index in [0.29, 0.717) is 13.0 Å². The Morgan fingerprint density at radius 1 is 1.47 bits per heavy atom. The van der Waals surface area contributed by atoms with Gasteiger partial charge in [-0.05, 0) is 37.1 Å². The van der Waals surface area contributed by atoms with Crippen molar-refractivity contribution >= 4 is 21.4 Å². The van der Waals surface area contributed by atoms with Gasteiger partial charge in [0.25, 0.3) is 0 Å². The van der Waals surface area contributed by atoms with Crippen LogP contribution in [0.3, 0.4) is 0 Å². The largest absolute Gasteiger partial charge is 0.330 e. The van der Waals surface area contributed by atoms with Crippen LogP contribution in [-0.2, 0) is 16.3 Å². The van der Waals surface area contributed by atoms with Crippen molar-refractivity contribution in [3.63, 3.8) is 0 Å². The first-order valence-corrected chi connectivity index (χ1v) is 6.77. The van der Waals surface area contributed by atoms with Crippen molar-refractivity contribution in [2.24, 2.45) is 5.73 Å². The Kier molecular flexibility index (Phi) is 4.07. The first-order valence-electron chi connectivity index (χ1n) is 4.50. The zero-order valence-corrected chi connectivity index (χ0v) is 9.98. The molecule has 1 aromatic rings. The number of aryl methyl sites for hydroxylation is 1. The molecule has 0 amide bonds. The molecule has 4 nitrogen and oxygen atoms in total. The van der Waals surface area contributed by atoms with Gasteiger partial charge in [0.2, 0.25) is 0 Å². The number of aromatic nitrogens is 1. The van der Waals surface area contributed by atoms with Gasteiger partial charge in [-0.15, -0.1) is 0 Å². The molecule has 84 valence electrons. The lowest BCUT2D eigenvalue weighted by atomic mass is 10.1. The number of nitrogens with two attached hydrogens (primary N) is 1. The molecular formula is C9H13ClN2O2S. The van der Waals surface area contributed by atoms with Gasteiger partial charge in [-0.25, -0.2) is 13.4 Å². The molecule has 1 heterocycles. The Bertz CT molecular complexity index is 445. The Balaban J connectivity index is 3.06. The van der Waals surface area contributed by atoms with Crippen LogP contribution < -0.4 is 5.73 Å². The summed E-state index contributed by atoms with van der Waals surface area (Å²) in [5.74, 6) is 0. The standard InChI is InChI=1S/C9H13ClN2O2S/c1-15(13,14)9-6-7(3-2-4-11)5-8(10)12-9/h5-6H,2-4,11H2,1H3. The highest BCUT2D eigenvalue weighted by molar-refractivity contribution is 7.90. The normalized spacial score (nSPS) is 11.7. The van der Waals surface area contributed by atoms with Gasteiger partial charge in [-0.2, -0.15) is 0 Å². The zero-order valence-electron chi connectivity index (χ0n) is 8.40. The number of sulfone groups is 1. The molecule has 0 radical (unpaired) electrons. The van der Waals surface area contributed by atoms with E-state index < -0.39 is 9.84 Å². The summed E-state index contributed by atoms with van der Waals surface area (Å²) < 4.78 is 22.5. The lowest BCUT2D eigenvalue weighted by Crippen LogP contribution is -2.04. The van der Waals surface area contributed by atoms with Gasteiger partial charge < -0.3 is 5.73 Å². The molecule has 0 aliphatic heterocycles. The van der Waals surface area contributed by atoms with E-state index in [0.717, 1.165) is 18.2 Å². The van der Waals surface area contributed by atoms with Crippen LogP contribution in [0.2, 0.25) is 5.15 Å². The third-order valence-electron chi connectivity index (χ3n) is 1.88. The molecule has 0 spiro atoms. The number of halogens is 1. The Morgan fingerprint density at radius 2 is 2.13 bits per heavy atom. The summed E-state index contributed by atoms with van der Waals surface area (Å²) in [6.07, 6.45) is 2.61. The number of rotatable bonds is 4.